The van der Waals surface area contributed by atoms with Crippen LogP contribution in [0.1, 0.15) is 24.3 Å². The van der Waals surface area contributed by atoms with Crippen molar-refractivity contribution in [2.24, 2.45) is 5.73 Å². The van der Waals surface area contributed by atoms with Crippen molar-refractivity contribution >= 4 is 23.2 Å². The second-order valence-corrected chi connectivity index (χ2v) is 4.49. The van der Waals surface area contributed by atoms with E-state index in [1.54, 1.807) is 6.07 Å². The molecule has 0 fully saturated rings. The number of ether oxygens (including phenoxy) is 1. The fourth-order valence-corrected chi connectivity index (χ4v) is 2.29. The van der Waals surface area contributed by atoms with Crippen molar-refractivity contribution in [1.82, 2.24) is 0 Å². The molecule has 82 valence electrons. The third kappa shape index (κ3) is 2.07. The average molecular weight is 246 g/mol. The average Bonchev–Trinajstić information content (AvgIpc) is 2.45. The number of benzene rings is 1. The highest BCUT2D eigenvalue weighted by Gasteiger charge is 2.21. The van der Waals surface area contributed by atoms with E-state index in [2.05, 4.69) is 0 Å². The minimum Gasteiger partial charge on any atom is -0.492 e. The molecule has 2 N–H and O–H groups in total. The highest BCUT2D eigenvalue weighted by Crippen LogP contribution is 2.41. The van der Waals surface area contributed by atoms with Crippen molar-refractivity contribution in [3.63, 3.8) is 0 Å². The van der Waals surface area contributed by atoms with Crippen molar-refractivity contribution in [2.75, 3.05) is 13.2 Å². The standard InChI is InChI=1S/C11H13Cl2NO/c12-9-4-3-8-7(6-14)2-1-5-15-11(8)10(9)13/h3-4,7H,1-2,5-6,14H2. The summed E-state index contributed by atoms with van der Waals surface area (Å²) in [5, 5.41) is 1.04. The van der Waals surface area contributed by atoms with Crippen LogP contribution in [-0.4, -0.2) is 13.2 Å². The monoisotopic (exact) mass is 245 g/mol. The van der Waals surface area contributed by atoms with Crippen LogP contribution in [0.3, 0.4) is 0 Å². The van der Waals surface area contributed by atoms with Gasteiger partial charge in [-0.1, -0.05) is 29.3 Å². The Labute approximate surface area is 99.3 Å². The molecule has 0 amide bonds. The quantitative estimate of drug-likeness (QED) is 0.825. The molecule has 2 rings (SSSR count). The van der Waals surface area contributed by atoms with E-state index >= 15 is 0 Å². The second kappa shape index (κ2) is 4.60. The van der Waals surface area contributed by atoms with Gasteiger partial charge in [-0.05, 0) is 31.4 Å². The van der Waals surface area contributed by atoms with E-state index in [9.17, 15) is 0 Å². The summed E-state index contributed by atoms with van der Waals surface area (Å²) in [5.74, 6) is 1.05. The summed E-state index contributed by atoms with van der Waals surface area (Å²) in [6.07, 6.45) is 2.05. The molecule has 1 aliphatic rings. The molecule has 1 atom stereocenters. The molecule has 1 aromatic carbocycles. The molecular weight excluding hydrogens is 233 g/mol. The molecule has 1 heterocycles. The van der Waals surface area contributed by atoms with Crippen molar-refractivity contribution in [3.8, 4) is 5.75 Å². The fourth-order valence-electron chi connectivity index (χ4n) is 1.92. The van der Waals surface area contributed by atoms with Gasteiger partial charge in [-0.15, -0.1) is 0 Å². The molecule has 0 aliphatic carbocycles. The Bertz CT molecular complexity index is 368. The van der Waals surface area contributed by atoms with Gasteiger partial charge in [0.2, 0.25) is 0 Å². The maximum Gasteiger partial charge on any atom is 0.142 e. The minimum absolute atomic E-state index is 0.331. The van der Waals surface area contributed by atoms with E-state index in [0.717, 1.165) is 24.2 Å². The number of halogens is 2. The molecule has 15 heavy (non-hydrogen) atoms. The van der Waals surface area contributed by atoms with Crippen LogP contribution in [0.5, 0.6) is 5.75 Å². The van der Waals surface area contributed by atoms with E-state index in [-0.39, 0.29) is 0 Å². The lowest BCUT2D eigenvalue weighted by Crippen LogP contribution is -2.11. The summed E-state index contributed by atoms with van der Waals surface area (Å²) in [5.41, 5.74) is 6.83. The van der Waals surface area contributed by atoms with Gasteiger partial charge in [-0.3, -0.25) is 0 Å². The van der Waals surface area contributed by atoms with Crippen LogP contribution in [-0.2, 0) is 0 Å². The Morgan fingerprint density at radius 1 is 1.40 bits per heavy atom. The molecule has 0 aromatic heterocycles. The van der Waals surface area contributed by atoms with E-state index in [1.807, 2.05) is 6.07 Å². The molecule has 1 unspecified atom stereocenters. The van der Waals surface area contributed by atoms with Crippen LogP contribution >= 0.6 is 23.2 Å². The van der Waals surface area contributed by atoms with Crippen LogP contribution in [0.15, 0.2) is 12.1 Å². The molecular formula is C11H13Cl2NO. The van der Waals surface area contributed by atoms with E-state index in [4.69, 9.17) is 33.7 Å². The smallest absolute Gasteiger partial charge is 0.142 e. The van der Waals surface area contributed by atoms with E-state index in [0.29, 0.717) is 29.1 Å². The molecule has 0 saturated carbocycles. The molecule has 0 spiro atoms. The number of rotatable bonds is 1. The van der Waals surface area contributed by atoms with Crippen molar-refractivity contribution in [2.45, 2.75) is 18.8 Å². The minimum atomic E-state index is 0.331. The van der Waals surface area contributed by atoms with E-state index in [1.165, 1.54) is 0 Å². The first-order chi connectivity index (χ1) is 7.24. The number of nitrogens with two attached hydrogens (primary N) is 1. The normalized spacial score (nSPS) is 20.3. The lowest BCUT2D eigenvalue weighted by atomic mass is 9.94. The largest absolute Gasteiger partial charge is 0.492 e. The van der Waals surface area contributed by atoms with Crippen molar-refractivity contribution < 1.29 is 4.74 Å². The topological polar surface area (TPSA) is 35.2 Å². The lowest BCUT2D eigenvalue weighted by Gasteiger charge is -2.15. The van der Waals surface area contributed by atoms with Gasteiger partial charge >= 0.3 is 0 Å². The van der Waals surface area contributed by atoms with Gasteiger partial charge in [0.05, 0.1) is 11.6 Å². The Morgan fingerprint density at radius 3 is 2.93 bits per heavy atom. The van der Waals surface area contributed by atoms with Gasteiger partial charge in [0.1, 0.15) is 10.8 Å². The van der Waals surface area contributed by atoms with Crippen LogP contribution < -0.4 is 10.5 Å². The summed E-state index contributed by atoms with van der Waals surface area (Å²) < 4.78 is 5.62. The molecule has 1 aromatic rings. The van der Waals surface area contributed by atoms with E-state index < -0.39 is 0 Å². The van der Waals surface area contributed by atoms with Gasteiger partial charge in [0.15, 0.2) is 0 Å². The second-order valence-electron chi connectivity index (χ2n) is 3.70. The highest BCUT2D eigenvalue weighted by molar-refractivity contribution is 6.43. The number of hydrogen-bond acceptors (Lipinski definition) is 2. The summed E-state index contributed by atoms with van der Waals surface area (Å²) in [4.78, 5) is 0. The first-order valence-corrected chi connectivity index (χ1v) is 5.80. The zero-order chi connectivity index (χ0) is 10.8. The highest BCUT2D eigenvalue weighted by atomic mass is 35.5. The van der Waals surface area contributed by atoms with Crippen molar-refractivity contribution in [3.05, 3.63) is 27.7 Å². The zero-order valence-corrected chi connectivity index (χ0v) is 9.81. The van der Waals surface area contributed by atoms with Gasteiger partial charge in [0, 0.05) is 5.56 Å². The maximum atomic E-state index is 6.11. The van der Waals surface area contributed by atoms with Gasteiger partial charge in [0.25, 0.3) is 0 Å². The molecule has 0 bridgehead atoms. The zero-order valence-electron chi connectivity index (χ0n) is 8.30. The first-order valence-electron chi connectivity index (χ1n) is 5.04. The molecule has 2 nitrogen and oxygen atoms in total. The number of fused-ring (bicyclic) bond motifs is 1. The van der Waals surface area contributed by atoms with Crippen LogP contribution in [0.25, 0.3) is 0 Å². The van der Waals surface area contributed by atoms with Crippen LogP contribution in [0.2, 0.25) is 10.0 Å². The third-order valence-corrected chi connectivity index (χ3v) is 3.54. The Kier molecular flexibility index (Phi) is 3.39. The first kappa shape index (κ1) is 11.1. The van der Waals surface area contributed by atoms with Gasteiger partial charge < -0.3 is 10.5 Å². The lowest BCUT2D eigenvalue weighted by molar-refractivity contribution is 0.316. The third-order valence-electron chi connectivity index (χ3n) is 2.75. The Balaban J connectivity index is 2.49. The molecule has 0 saturated heterocycles. The summed E-state index contributed by atoms with van der Waals surface area (Å²) in [6.45, 7) is 1.30. The van der Waals surface area contributed by atoms with Gasteiger partial charge in [-0.25, -0.2) is 0 Å². The SMILES string of the molecule is NCC1CCCOc2c1ccc(Cl)c2Cl. The molecule has 1 aliphatic heterocycles. The number of hydrogen-bond donors (Lipinski definition) is 1. The summed E-state index contributed by atoms with van der Waals surface area (Å²) >= 11 is 12.1. The predicted octanol–water partition coefficient (Wildman–Crippen LogP) is 3.21. The van der Waals surface area contributed by atoms with Gasteiger partial charge in [-0.2, -0.15) is 0 Å². The Morgan fingerprint density at radius 2 is 2.20 bits per heavy atom. The fraction of sp³-hybridized carbons (Fsp3) is 0.455. The molecule has 0 radical (unpaired) electrons. The summed E-state index contributed by atoms with van der Waals surface area (Å²) in [6, 6.07) is 3.77. The van der Waals surface area contributed by atoms with Crippen molar-refractivity contribution in [1.29, 1.82) is 0 Å². The molecule has 4 heteroatoms. The van der Waals surface area contributed by atoms with Crippen LogP contribution in [0.4, 0.5) is 0 Å². The predicted molar refractivity (Wildman–Crippen MR) is 63.0 cm³/mol. The van der Waals surface area contributed by atoms with Crippen LogP contribution in [0, 0.1) is 0 Å². The Hall–Kier alpha value is -0.440. The summed E-state index contributed by atoms with van der Waals surface area (Å²) in [7, 11) is 0. The maximum absolute atomic E-state index is 6.11.